The van der Waals surface area contributed by atoms with E-state index < -0.39 is 17.7 Å². The molecule has 0 aliphatic rings. The molecule has 0 aliphatic carbocycles. The average Bonchev–Trinajstić information content (AvgIpc) is 3.33. The van der Waals surface area contributed by atoms with Crippen molar-refractivity contribution in [1.82, 2.24) is 19.8 Å². The Bertz CT molecular complexity index is 1460. The standard InChI is InChI=1S/C26H25N5O6/c1-4-29(25(33)31-26(34)30(27-28-31)21-12-8-9-13-23(21)36-3)19-14-15-22(35-2)20(16-19)24(32)37-17-18-10-6-5-7-11-18/h5-16H,4,17H2,1-3H3. The maximum absolute atomic E-state index is 13.3. The summed E-state index contributed by atoms with van der Waals surface area (Å²) in [4.78, 5) is 40.5. The minimum Gasteiger partial charge on any atom is -0.496 e. The number of nitrogens with zero attached hydrogens (tertiary/aromatic N) is 5. The van der Waals surface area contributed by atoms with Crippen molar-refractivity contribution in [2.24, 2.45) is 0 Å². The number of hydrogen-bond acceptors (Lipinski definition) is 8. The van der Waals surface area contributed by atoms with Gasteiger partial charge in [0.25, 0.3) is 0 Å². The predicted octanol–water partition coefficient (Wildman–Crippen LogP) is 3.30. The third kappa shape index (κ3) is 5.20. The first-order valence-corrected chi connectivity index (χ1v) is 11.4. The van der Waals surface area contributed by atoms with Gasteiger partial charge in [0.2, 0.25) is 0 Å². The van der Waals surface area contributed by atoms with Crippen LogP contribution in [0.2, 0.25) is 0 Å². The van der Waals surface area contributed by atoms with Crippen LogP contribution < -0.4 is 20.1 Å². The Morgan fingerprint density at radius 3 is 2.30 bits per heavy atom. The molecule has 3 aromatic carbocycles. The van der Waals surface area contributed by atoms with Crippen molar-refractivity contribution >= 4 is 17.7 Å². The van der Waals surface area contributed by atoms with E-state index in [-0.39, 0.29) is 24.5 Å². The molecule has 1 amide bonds. The first-order chi connectivity index (χ1) is 18.0. The monoisotopic (exact) mass is 503 g/mol. The minimum atomic E-state index is -0.774. The normalized spacial score (nSPS) is 10.6. The van der Waals surface area contributed by atoms with E-state index in [0.717, 1.165) is 10.2 Å². The third-order valence-corrected chi connectivity index (χ3v) is 5.55. The Balaban J connectivity index is 1.62. The van der Waals surface area contributed by atoms with E-state index in [1.807, 2.05) is 30.3 Å². The number of hydrogen-bond donors (Lipinski definition) is 0. The number of aromatic nitrogens is 4. The number of carbonyl (C=O) groups is 2. The van der Waals surface area contributed by atoms with Gasteiger partial charge in [-0.2, -0.15) is 4.68 Å². The molecule has 0 aliphatic heterocycles. The molecule has 11 nitrogen and oxygen atoms in total. The van der Waals surface area contributed by atoms with Crippen LogP contribution in [-0.4, -0.2) is 52.6 Å². The highest BCUT2D eigenvalue weighted by Gasteiger charge is 2.25. The van der Waals surface area contributed by atoms with Crippen molar-refractivity contribution in [3.05, 3.63) is 94.4 Å². The molecule has 0 unspecified atom stereocenters. The molecular weight excluding hydrogens is 478 g/mol. The molecule has 4 rings (SSSR count). The number of tetrazole rings is 1. The van der Waals surface area contributed by atoms with E-state index in [2.05, 4.69) is 10.4 Å². The Labute approximate surface area is 212 Å². The highest BCUT2D eigenvalue weighted by molar-refractivity contribution is 5.97. The molecule has 0 spiro atoms. The van der Waals surface area contributed by atoms with Gasteiger partial charge >= 0.3 is 17.7 Å². The van der Waals surface area contributed by atoms with Gasteiger partial charge < -0.3 is 14.2 Å². The predicted molar refractivity (Wildman–Crippen MR) is 135 cm³/mol. The van der Waals surface area contributed by atoms with E-state index >= 15 is 0 Å². The summed E-state index contributed by atoms with van der Waals surface area (Å²) in [6.07, 6.45) is 0. The number of para-hydroxylation sites is 2. The first kappa shape index (κ1) is 25.2. The molecule has 0 saturated carbocycles. The van der Waals surface area contributed by atoms with Gasteiger partial charge in [0.15, 0.2) is 0 Å². The Kier molecular flexibility index (Phi) is 7.62. The second-order valence-electron chi connectivity index (χ2n) is 7.73. The van der Waals surface area contributed by atoms with Crippen molar-refractivity contribution in [3.63, 3.8) is 0 Å². The second kappa shape index (κ2) is 11.2. The van der Waals surface area contributed by atoms with Crippen LogP contribution in [0.15, 0.2) is 77.6 Å². The summed E-state index contributed by atoms with van der Waals surface area (Å²) in [5.41, 5.74) is 0.869. The van der Waals surface area contributed by atoms with Crippen LogP contribution in [0, 0.1) is 0 Å². The van der Waals surface area contributed by atoms with Crippen molar-refractivity contribution < 1.29 is 23.8 Å². The number of ether oxygens (including phenoxy) is 3. The van der Waals surface area contributed by atoms with Crippen molar-refractivity contribution in [2.45, 2.75) is 13.5 Å². The van der Waals surface area contributed by atoms with Gasteiger partial charge in [-0.1, -0.05) is 42.5 Å². The van der Waals surface area contributed by atoms with E-state index in [0.29, 0.717) is 21.8 Å². The molecule has 37 heavy (non-hydrogen) atoms. The maximum Gasteiger partial charge on any atom is 0.377 e. The molecule has 190 valence electrons. The van der Waals surface area contributed by atoms with E-state index in [9.17, 15) is 14.4 Å². The summed E-state index contributed by atoms with van der Waals surface area (Å²) in [5.74, 6) is 0.0557. The average molecular weight is 504 g/mol. The lowest BCUT2D eigenvalue weighted by Gasteiger charge is -2.21. The van der Waals surface area contributed by atoms with E-state index in [4.69, 9.17) is 14.2 Å². The number of amides is 1. The topological polar surface area (TPSA) is 118 Å². The van der Waals surface area contributed by atoms with Gasteiger partial charge in [-0.3, -0.25) is 4.90 Å². The molecule has 0 saturated heterocycles. The summed E-state index contributed by atoms with van der Waals surface area (Å²) in [5, 5.41) is 7.62. The fourth-order valence-electron chi connectivity index (χ4n) is 3.69. The first-order valence-electron chi connectivity index (χ1n) is 11.4. The fourth-order valence-corrected chi connectivity index (χ4v) is 3.69. The lowest BCUT2D eigenvalue weighted by Crippen LogP contribution is -2.41. The van der Waals surface area contributed by atoms with E-state index in [1.54, 1.807) is 43.3 Å². The van der Waals surface area contributed by atoms with Crippen LogP contribution >= 0.6 is 0 Å². The Hall–Kier alpha value is -4.93. The van der Waals surface area contributed by atoms with Crippen molar-refractivity contribution in [3.8, 4) is 17.2 Å². The third-order valence-electron chi connectivity index (χ3n) is 5.55. The lowest BCUT2D eigenvalue weighted by atomic mass is 10.1. The zero-order valence-corrected chi connectivity index (χ0v) is 20.5. The van der Waals surface area contributed by atoms with Gasteiger partial charge in [0.05, 0.1) is 14.2 Å². The van der Waals surface area contributed by atoms with Crippen LogP contribution in [-0.2, 0) is 11.3 Å². The van der Waals surface area contributed by atoms with Crippen LogP contribution in [0.25, 0.3) is 5.69 Å². The highest BCUT2D eigenvalue weighted by atomic mass is 16.5. The van der Waals surface area contributed by atoms with Gasteiger partial charge in [-0.05, 0) is 53.2 Å². The Morgan fingerprint density at radius 1 is 0.892 bits per heavy atom. The van der Waals surface area contributed by atoms with Gasteiger partial charge in [-0.25, -0.2) is 14.4 Å². The SMILES string of the molecule is CCN(C(=O)n1nnn(-c2ccccc2OC)c1=O)c1ccc(OC)c(C(=O)OCc2ccccc2)c1. The van der Waals surface area contributed by atoms with Crippen molar-refractivity contribution in [1.29, 1.82) is 0 Å². The van der Waals surface area contributed by atoms with Crippen molar-refractivity contribution in [2.75, 3.05) is 25.7 Å². The molecule has 0 radical (unpaired) electrons. The van der Waals surface area contributed by atoms with Crippen LogP contribution in [0.5, 0.6) is 11.5 Å². The molecule has 0 fully saturated rings. The smallest absolute Gasteiger partial charge is 0.377 e. The molecule has 0 N–H and O–H groups in total. The molecular formula is C26H25N5O6. The number of esters is 1. The molecule has 0 atom stereocenters. The molecule has 1 heterocycles. The van der Waals surface area contributed by atoms with E-state index in [1.165, 1.54) is 25.2 Å². The number of methoxy groups -OCH3 is 2. The van der Waals surface area contributed by atoms with Gasteiger partial charge in [-0.15, -0.1) is 4.68 Å². The lowest BCUT2D eigenvalue weighted by molar-refractivity contribution is 0.0469. The zero-order valence-electron chi connectivity index (χ0n) is 20.5. The number of benzene rings is 3. The molecule has 4 aromatic rings. The number of anilines is 1. The summed E-state index contributed by atoms with van der Waals surface area (Å²) in [6, 6.07) is 19.9. The zero-order chi connectivity index (χ0) is 26.4. The highest BCUT2D eigenvalue weighted by Crippen LogP contribution is 2.27. The largest absolute Gasteiger partial charge is 0.496 e. The maximum atomic E-state index is 13.3. The van der Waals surface area contributed by atoms with Crippen LogP contribution in [0.4, 0.5) is 10.5 Å². The fraction of sp³-hybridized carbons (Fsp3) is 0.192. The second-order valence-corrected chi connectivity index (χ2v) is 7.73. The quantitative estimate of drug-likeness (QED) is 0.266. The van der Waals surface area contributed by atoms with Crippen LogP contribution in [0.1, 0.15) is 22.8 Å². The summed E-state index contributed by atoms with van der Waals surface area (Å²) in [7, 11) is 2.89. The molecule has 11 heteroatoms. The Morgan fingerprint density at radius 2 is 1.59 bits per heavy atom. The summed E-state index contributed by atoms with van der Waals surface area (Å²) < 4.78 is 17.7. The number of rotatable bonds is 8. The molecule has 1 aromatic heterocycles. The van der Waals surface area contributed by atoms with Gasteiger partial charge in [0, 0.05) is 12.2 Å². The number of carbonyl (C=O) groups excluding carboxylic acids is 2. The van der Waals surface area contributed by atoms with Gasteiger partial charge in [0.1, 0.15) is 29.4 Å². The molecule has 0 bridgehead atoms. The summed E-state index contributed by atoms with van der Waals surface area (Å²) in [6.45, 7) is 1.98. The minimum absolute atomic E-state index is 0.0743. The van der Waals surface area contributed by atoms with Crippen LogP contribution in [0.3, 0.4) is 0 Å². The summed E-state index contributed by atoms with van der Waals surface area (Å²) >= 11 is 0.